The van der Waals surface area contributed by atoms with E-state index in [9.17, 15) is 22.4 Å². The minimum Gasteiger partial charge on any atom is -0.294 e. The topological polar surface area (TPSA) is 60.7 Å². The summed E-state index contributed by atoms with van der Waals surface area (Å²) in [6.45, 7) is 0. The van der Waals surface area contributed by atoms with Crippen LogP contribution in [0, 0.1) is 5.82 Å². The molecule has 106 valence electrons. The van der Waals surface area contributed by atoms with Crippen molar-refractivity contribution >= 4 is 5.78 Å². The smallest absolute Gasteiger partial charge is 0.294 e. The molecule has 2 rings (SSSR count). The normalized spacial score (nSPS) is 11.7. The average Bonchev–Trinajstić information content (AvgIpc) is 2.73. The Hall–Kier alpha value is -2.32. The van der Waals surface area contributed by atoms with E-state index in [4.69, 9.17) is 0 Å². The average molecular weight is 288 g/mol. The predicted molar refractivity (Wildman–Crippen MR) is 58.2 cm³/mol. The molecule has 1 heterocycles. The standard InChI is InChI=1S/C11H8F4N4O/c1-19-17-10(16-18-19)5-9(20)7-4-6(12)2-3-8(7)11(13,14)15/h2-4H,5H2,1H3. The number of ketones is 1. The van der Waals surface area contributed by atoms with Gasteiger partial charge in [-0.1, -0.05) is 0 Å². The number of benzene rings is 1. The summed E-state index contributed by atoms with van der Waals surface area (Å²) in [4.78, 5) is 12.9. The van der Waals surface area contributed by atoms with Crippen LogP contribution >= 0.6 is 0 Å². The number of aromatic nitrogens is 4. The van der Waals surface area contributed by atoms with Crippen molar-refractivity contribution in [3.8, 4) is 0 Å². The van der Waals surface area contributed by atoms with E-state index >= 15 is 0 Å². The molecule has 9 heteroatoms. The van der Waals surface area contributed by atoms with Crippen molar-refractivity contribution in [2.45, 2.75) is 12.6 Å². The maximum Gasteiger partial charge on any atom is 0.417 e. The minimum atomic E-state index is -4.74. The van der Waals surface area contributed by atoms with E-state index in [1.165, 1.54) is 7.05 Å². The third kappa shape index (κ3) is 2.98. The molecule has 0 spiro atoms. The number of alkyl halides is 3. The minimum absolute atomic E-state index is 0.0325. The molecule has 0 radical (unpaired) electrons. The number of carbonyl (C=O) groups is 1. The number of carbonyl (C=O) groups excluding carboxylic acids is 1. The molecule has 0 aliphatic carbocycles. The molecule has 0 atom stereocenters. The molecule has 20 heavy (non-hydrogen) atoms. The number of aryl methyl sites for hydroxylation is 1. The van der Waals surface area contributed by atoms with Gasteiger partial charge >= 0.3 is 6.18 Å². The Morgan fingerprint density at radius 3 is 2.60 bits per heavy atom. The van der Waals surface area contributed by atoms with E-state index in [2.05, 4.69) is 15.4 Å². The van der Waals surface area contributed by atoms with Crippen molar-refractivity contribution in [2.24, 2.45) is 7.05 Å². The quantitative estimate of drug-likeness (QED) is 0.638. The first-order valence-corrected chi connectivity index (χ1v) is 5.40. The molecule has 0 amide bonds. The van der Waals surface area contributed by atoms with Crippen molar-refractivity contribution in [2.75, 3.05) is 0 Å². The zero-order valence-electron chi connectivity index (χ0n) is 10.1. The summed E-state index contributed by atoms with van der Waals surface area (Å²) in [6, 6.07) is 1.74. The van der Waals surface area contributed by atoms with Gasteiger partial charge in [-0.15, -0.1) is 10.2 Å². The van der Waals surface area contributed by atoms with Gasteiger partial charge in [0, 0.05) is 5.56 Å². The highest BCUT2D eigenvalue weighted by molar-refractivity contribution is 5.98. The first-order chi connectivity index (χ1) is 9.27. The lowest BCUT2D eigenvalue weighted by Crippen LogP contribution is -2.15. The van der Waals surface area contributed by atoms with Crippen molar-refractivity contribution in [3.63, 3.8) is 0 Å². The Morgan fingerprint density at radius 2 is 2.05 bits per heavy atom. The molecule has 0 saturated heterocycles. The highest BCUT2D eigenvalue weighted by Crippen LogP contribution is 2.32. The summed E-state index contributed by atoms with van der Waals surface area (Å²) in [5, 5.41) is 10.6. The van der Waals surface area contributed by atoms with Crippen LogP contribution in [0.25, 0.3) is 0 Å². The van der Waals surface area contributed by atoms with E-state index < -0.39 is 35.3 Å². The zero-order chi connectivity index (χ0) is 14.9. The summed E-state index contributed by atoms with van der Waals surface area (Å²) >= 11 is 0. The van der Waals surface area contributed by atoms with Gasteiger partial charge in [0.05, 0.1) is 19.0 Å². The first kappa shape index (κ1) is 14.1. The molecule has 1 aromatic carbocycles. The summed E-state index contributed by atoms with van der Waals surface area (Å²) < 4.78 is 51.4. The van der Waals surface area contributed by atoms with Crippen LogP contribution in [0.15, 0.2) is 18.2 Å². The molecule has 5 nitrogen and oxygen atoms in total. The molecular formula is C11H8F4N4O. The number of Topliss-reactive ketones (excluding diaryl/α,β-unsaturated/α-hetero) is 1. The predicted octanol–water partition coefficient (Wildman–Crippen LogP) is 1.79. The fraction of sp³-hybridized carbons (Fsp3) is 0.273. The van der Waals surface area contributed by atoms with E-state index in [0.29, 0.717) is 18.2 Å². The van der Waals surface area contributed by atoms with E-state index in [0.717, 1.165) is 4.80 Å². The van der Waals surface area contributed by atoms with Crippen molar-refractivity contribution in [3.05, 3.63) is 41.0 Å². The zero-order valence-corrected chi connectivity index (χ0v) is 10.1. The van der Waals surface area contributed by atoms with Crippen LogP contribution in [0.5, 0.6) is 0 Å². The van der Waals surface area contributed by atoms with Gasteiger partial charge in [-0.3, -0.25) is 4.79 Å². The molecule has 0 fully saturated rings. The summed E-state index contributed by atoms with van der Waals surface area (Å²) in [5.74, 6) is -1.88. The van der Waals surface area contributed by atoms with Crippen LogP contribution in [0.2, 0.25) is 0 Å². The maximum absolute atomic E-state index is 13.1. The van der Waals surface area contributed by atoms with Gasteiger partial charge in [-0.25, -0.2) is 4.39 Å². The SMILES string of the molecule is Cn1nnc(CC(=O)c2cc(F)ccc2C(F)(F)F)n1. The Bertz CT molecular complexity index is 650. The number of rotatable bonds is 3. The molecule has 0 N–H and O–H groups in total. The van der Waals surface area contributed by atoms with Crippen molar-refractivity contribution in [1.82, 2.24) is 20.2 Å². The molecule has 1 aromatic heterocycles. The van der Waals surface area contributed by atoms with Gasteiger partial charge in [0.15, 0.2) is 11.6 Å². The maximum atomic E-state index is 13.1. The van der Waals surface area contributed by atoms with Crippen LogP contribution < -0.4 is 0 Å². The van der Waals surface area contributed by atoms with Crippen LogP contribution in [0.3, 0.4) is 0 Å². The fourth-order valence-corrected chi connectivity index (χ4v) is 1.63. The van der Waals surface area contributed by atoms with Gasteiger partial charge in [0.2, 0.25) is 0 Å². The second kappa shape index (κ2) is 4.99. The Kier molecular flexibility index (Phi) is 3.51. The highest BCUT2D eigenvalue weighted by Gasteiger charge is 2.35. The molecule has 2 aromatic rings. The second-order valence-corrected chi connectivity index (χ2v) is 3.98. The van der Waals surface area contributed by atoms with Crippen molar-refractivity contribution in [1.29, 1.82) is 0 Å². The lowest BCUT2D eigenvalue weighted by molar-refractivity contribution is -0.137. The number of tetrazole rings is 1. The number of hydrogen-bond donors (Lipinski definition) is 0. The Morgan fingerprint density at radius 1 is 1.35 bits per heavy atom. The second-order valence-electron chi connectivity index (χ2n) is 3.98. The summed E-state index contributed by atoms with van der Waals surface area (Å²) in [7, 11) is 1.45. The third-order valence-electron chi connectivity index (χ3n) is 2.46. The number of nitrogens with zero attached hydrogens (tertiary/aromatic N) is 4. The number of hydrogen-bond acceptors (Lipinski definition) is 4. The monoisotopic (exact) mass is 288 g/mol. The van der Waals surface area contributed by atoms with Gasteiger partial charge in [0.1, 0.15) is 5.82 Å². The van der Waals surface area contributed by atoms with Gasteiger partial charge in [-0.05, 0) is 23.4 Å². The number of halogens is 4. The molecule has 0 aliphatic rings. The van der Waals surface area contributed by atoms with Crippen molar-refractivity contribution < 1.29 is 22.4 Å². The Balaban J connectivity index is 2.36. The van der Waals surface area contributed by atoms with Crippen LogP contribution in [0.1, 0.15) is 21.7 Å². The highest BCUT2D eigenvalue weighted by atomic mass is 19.4. The summed E-state index contributed by atoms with van der Waals surface area (Å²) in [6.07, 6.45) is -5.23. The van der Waals surface area contributed by atoms with Gasteiger partial charge in [-0.2, -0.15) is 18.0 Å². The first-order valence-electron chi connectivity index (χ1n) is 5.40. The third-order valence-corrected chi connectivity index (χ3v) is 2.46. The fourth-order valence-electron chi connectivity index (χ4n) is 1.63. The van der Waals surface area contributed by atoms with Crippen LogP contribution in [-0.2, 0) is 19.6 Å². The Labute approximate surface area is 110 Å². The van der Waals surface area contributed by atoms with E-state index in [-0.39, 0.29) is 5.82 Å². The van der Waals surface area contributed by atoms with Gasteiger partial charge < -0.3 is 0 Å². The molecule has 0 aliphatic heterocycles. The van der Waals surface area contributed by atoms with Gasteiger partial charge in [0.25, 0.3) is 0 Å². The summed E-state index contributed by atoms with van der Waals surface area (Å²) in [5.41, 5.74) is -1.93. The lowest BCUT2D eigenvalue weighted by Gasteiger charge is -2.11. The lowest BCUT2D eigenvalue weighted by atomic mass is 10.0. The van der Waals surface area contributed by atoms with E-state index in [1.807, 2.05) is 0 Å². The largest absolute Gasteiger partial charge is 0.417 e. The van der Waals surface area contributed by atoms with Crippen LogP contribution in [-0.4, -0.2) is 26.0 Å². The van der Waals surface area contributed by atoms with E-state index in [1.54, 1.807) is 0 Å². The van der Waals surface area contributed by atoms with Crippen LogP contribution in [0.4, 0.5) is 17.6 Å². The molecule has 0 saturated carbocycles. The molecule has 0 bridgehead atoms. The molecular weight excluding hydrogens is 280 g/mol. The molecule has 0 unspecified atom stereocenters.